The van der Waals surface area contributed by atoms with Gasteiger partial charge in [0.1, 0.15) is 12.2 Å². The molecule has 0 saturated carbocycles. The average molecular weight is 327 g/mol. The summed E-state index contributed by atoms with van der Waals surface area (Å²) in [4.78, 5) is 11.8. The first-order chi connectivity index (χ1) is 11.3. The van der Waals surface area contributed by atoms with Crippen molar-refractivity contribution >= 4 is 21.6 Å². The molecule has 1 saturated heterocycles. The molecule has 0 N–H and O–H groups in total. The van der Waals surface area contributed by atoms with Crippen LogP contribution in [0.1, 0.15) is 36.5 Å². The second kappa shape index (κ2) is 6.37. The van der Waals surface area contributed by atoms with E-state index < -0.39 is 0 Å². The van der Waals surface area contributed by atoms with E-state index in [2.05, 4.69) is 46.2 Å². The lowest BCUT2D eigenvalue weighted by Gasteiger charge is -2.31. The highest BCUT2D eigenvalue weighted by Crippen LogP contribution is 2.33. The Morgan fingerprint density at radius 2 is 2.22 bits per heavy atom. The molecule has 3 heterocycles. The number of nitrogens with zero attached hydrogens (tertiary/aromatic N) is 5. The van der Waals surface area contributed by atoms with Gasteiger partial charge in [-0.25, -0.2) is 14.6 Å². The number of likely N-dealkylation sites (tertiary alicyclic amines) is 1. The molecule has 3 aromatic rings. The van der Waals surface area contributed by atoms with Crippen molar-refractivity contribution in [3.8, 4) is 0 Å². The lowest BCUT2D eigenvalue weighted by Crippen LogP contribution is -2.34. The van der Waals surface area contributed by atoms with Crippen LogP contribution >= 0.6 is 11.3 Å². The summed E-state index contributed by atoms with van der Waals surface area (Å²) in [5, 5.41) is 5.56. The number of para-hydroxylation sites is 1. The van der Waals surface area contributed by atoms with Crippen molar-refractivity contribution in [2.24, 2.45) is 0 Å². The molecule has 2 aromatic heterocycles. The summed E-state index contributed by atoms with van der Waals surface area (Å²) in [7, 11) is 0. The molecule has 120 valence electrons. The molecule has 1 atom stereocenters. The van der Waals surface area contributed by atoms with E-state index >= 15 is 0 Å². The molecule has 23 heavy (non-hydrogen) atoms. The maximum atomic E-state index is 4.86. The van der Waals surface area contributed by atoms with E-state index in [-0.39, 0.29) is 0 Å². The van der Waals surface area contributed by atoms with Gasteiger partial charge in [0.2, 0.25) is 0 Å². The molecule has 1 aromatic carbocycles. The fourth-order valence-electron chi connectivity index (χ4n) is 3.34. The third kappa shape index (κ3) is 3.01. The minimum Gasteiger partial charge on any atom is -0.295 e. The van der Waals surface area contributed by atoms with Gasteiger partial charge in [-0.2, -0.15) is 5.10 Å². The molecule has 0 aliphatic carbocycles. The smallest absolute Gasteiger partial charge is 0.140 e. The van der Waals surface area contributed by atoms with Crippen molar-refractivity contribution in [1.82, 2.24) is 24.6 Å². The van der Waals surface area contributed by atoms with E-state index in [1.165, 1.54) is 22.5 Å². The van der Waals surface area contributed by atoms with Gasteiger partial charge in [-0.3, -0.25) is 4.90 Å². The van der Waals surface area contributed by atoms with Crippen LogP contribution in [0.15, 0.2) is 30.6 Å². The molecule has 0 spiro atoms. The van der Waals surface area contributed by atoms with E-state index in [0.717, 1.165) is 37.5 Å². The molecule has 4 rings (SSSR count). The number of rotatable bonds is 4. The first-order valence-electron chi connectivity index (χ1n) is 8.28. The molecule has 0 bridgehead atoms. The molecular formula is C17H21N5S. The van der Waals surface area contributed by atoms with Crippen LogP contribution in [0.4, 0.5) is 0 Å². The highest BCUT2D eigenvalue weighted by atomic mass is 32.1. The molecule has 5 nitrogen and oxygen atoms in total. The summed E-state index contributed by atoms with van der Waals surface area (Å²) in [6.07, 6.45) is 4.12. The first kappa shape index (κ1) is 14.8. The highest BCUT2D eigenvalue weighted by molar-refractivity contribution is 7.18. The Kier molecular flexibility index (Phi) is 4.10. The zero-order valence-corrected chi connectivity index (χ0v) is 14.2. The third-order valence-corrected chi connectivity index (χ3v) is 5.72. The van der Waals surface area contributed by atoms with E-state index in [4.69, 9.17) is 4.98 Å². The van der Waals surface area contributed by atoms with Gasteiger partial charge in [0.25, 0.3) is 0 Å². The quantitative estimate of drug-likeness (QED) is 0.738. The van der Waals surface area contributed by atoms with Crippen molar-refractivity contribution in [1.29, 1.82) is 0 Å². The lowest BCUT2D eigenvalue weighted by atomic mass is 9.99. The maximum Gasteiger partial charge on any atom is 0.140 e. The molecular weight excluding hydrogens is 306 g/mol. The van der Waals surface area contributed by atoms with Crippen LogP contribution in [0.3, 0.4) is 0 Å². The van der Waals surface area contributed by atoms with Crippen LogP contribution in [0, 0.1) is 0 Å². The summed E-state index contributed by atoms with van der Waals surface area (Å²) >= 11 is 1.85. The molecule has 0 amide bonds. The minimum absolute atomic E-state index is 0.541. The van der Waals surface area contributed by atoms with Crippen molar-refractivity contribution < 1.29 is 0 Å². The fourth-order valence-corrected chi connectivity index (χ4v) is 4.43. The summed E-state index contributed by atoms with van der Waals surface area (Å²) in [6, 6.07) is 8.44. The van der Waals surface area contributed by atoms with Crippen LogP contribution < -0.4 is 0 Å². The fraction of sp³-hybridized carbons (Fsp3) is 0.471. The minimum atomic E-state index is 0.541. The molecule has 1 fully saturated rings. The van der Waals surface area contributed by atoms with Crippen LogP contribution in [-0.4, -0.2) is 37.7 Å². The zero-order valence-electron chi connectivity index (χ0n) is 13.4. The van der Waals surface area contributed by atoms with Crippen molar-refractivity contribution in [2.75, 3.05) is 13.1 Å². The Bertz CT molecular complexity index is 760. The van der Waals surface area contributed by atoms with E-state index in [1.807, 2.05) is 16.0 Å². The number of benzene rings is 1. The molecule has 0 unspecified atom stereocenters. The summed E-state index contributed by atoms with van der Waals surface area (Å²) < 4.78 is 3.28. The average Bonchev–Trinajstić information content (AvgIpc) is 3.21. The van der Waals surface area contributed by atoms with Crippen LogP contribution in [-0.2, 0) is 13.1 Å². The second-order valence-corrected chi connectivity index (χ2v) is 7.15. The predicted molar refractivity (Wildman–Crippen MR) is 92.6 cm³/mol. The van der Waals surface area contributed by atoms with Crippen molar-refractivity contribution in [3.63, 3.8) is 0 Å². The number of thiazole rings is 1. The van der Waals surface area contributed by atoms with E-state index in [0.29, 0.717) is 5.92 Å². The highest BCUT2D eigenvalue weighted by Gasteiger charge is 2.25. The topological polar surface area (TPSA) is 46.8 Å². The number of hydrogen-bond acceptors (Lipinski definition) is 5. The van der Waals surface area contributed by atoms with Crippen LogP contribution in [0.25, 0.3) is 10.2 Å². The Hall–Kier alpha value is -1.79. The molecule has 6 heteroatoms. The van der Waals surface area contributed by atoms with Crippen molar-refractivity contribution in [2.45, 2.75) is 38.8 Å². The third-order valence-electron chi connectivity index (χ3n) is 4.53. The number of aromatic nitrogens is 4. The predicted octanol–water partition coefficient (Wildman–Crippen LogP) is 3.29. The van der Waals surface area contributed by atoms with Gasteiger partial charge in [-0.05, 0) is 38.4 Å². The normalized spacial score (nSPS) is 19.4. The van der Waals surface area contributed by atoms with Gasteiger partial charge >= 0.3 is 0 Å². The van der Waals surface area contributed by atoms with Gasteiger partial charge in [0.05, 0.1) is 21.8 Å². The monoisotopic (exact) mass is 327 g/mol. The van der Waals surface area contributed by atoms with E-state index in [1.54, 1.807) is 6.33 Å². The second-order valence-electron chi connectivity index (χ2n) is 6.09. The van der Waals surface area contributed by atoms with E-state index in [9.17, 15) is 0 Å². The number of hydrogen-bond donors (Lipinski definition) is 0. The summed E-state index contributed by atoms with van der Waals surface area (Å²) in [6.45, 7) is 6.08. The van der Waals surface area contributed by atoms with Gasteiger partial charge in [0, 0.05) is 19.0 Å². The zero-order chi connectivity index (χ0) is 15.6. The molecule has 1 aliphatic rings. The first-order valence-corrected chi connectivity index (χ1v) is 9.09. The standard InChI is InChI=1S/C17H21N5S/c1-2-22-16(18-12-19-22)11-21-9-5-6-13(10-21)17-20-14-7-3-4-8-15(14)23-17/h3-4,7-8,12-13H,2,5-6,9-11H2,1H3/t13-/m0/s1. The summed E-state index contributed by atoms with van der Waals surface area (Å²) in [5.41, 5.74) is 1.13. The van der Waals surface area contributed by atoms with Gasteiger partial charge in [0.15, 0.2) is 0 Å². The SMILES string of the molecule is CCn1ncnc1CN1CCC[C@H](c2nc3ccccc3s2)C1. The molecule has 1 aliphatic heterocycles. The van der Waals surface area contributed by atoms with Crippen molar-refractivity contribution in [3.05, 3.63) is 41.4 Å². The lowest BCUT2D eigenvalue weighted by molar-refractivity contribution is 0.193. The number of aryl methyl sites for hydroxylation is 1. The number of fused-ring (bicyclic) bond motifs is 1. The molecule has 0 radical (unpaired) electrons. The summed E-state index contributed by atoms with van der Waals surface area (Å²) in [5.74, 6) is 1.61. The van der Waals surface area contributed by atoms with Crippen LogP contribution in [0.2, 0.25) is 0 Å². The Labute approximate surface area is 140 Å². The van der Waals surface area contributed by atoms with Gasteiger partial charge in [-0.15, -0.1) is 11.3 Å². The van der Waals surface area contributed by atoms with Crippen LogP contribution in [0.5, 0.6) is 0 Å². The maximum absolute atomic E-state index is 4.86. The number of piperidine rings is 1. The Morgan fingerprint density at radius 3 is 3.09 bits per heavy atom. The Morgan fingerprint density at radius 1 is 1.30 bits per heavy atom. The van der Waals surface area contributed by atoms with Gasteiger partial charge < -0.3 is 0 Å². The largest absolute Gasteiger partial charge is 0.295 e. The Balaban J connectivity index is 1.50. The van der Waals surface area contributed by atoms with Gasteiger partial charge in [-0.1, -0.05) is 12.1 Å².